The second-order valence-electron chi connectivity index (χ2n) is 8.35. The molecule has 2 aromatic rings. The molecule has 1 amide bonds. The van der Waals surface area contributed by atoms with Gasteiger partial charge in [-0.2, -0.15) is 0 Å². The van der Waals surface area contributed by atoms with Crippen molar-refractivity contribution in [1.82, 2.24) is 19.4 Å². The predicted molar refractivity (Wildman–Crippen MR) is 109 cm³/mol. The molecule has 0 radical (unpaired) electrons. The van der Waals surface area contributed by atoms with Gasteiger partial charge in [-0.25, -0.2) is 9.78 Å². The monoisotopic (exact) mass is 387 g/mol. The van der Waals surface area contributed by atoms with Gasteiger partial charge in [0, 0.05) is 25.3 Å². The Kier molecular flexibility index (Phi) is 5.43. The van der Waals surface area contributed by atoms with Gasteiger partial charge in [0.2, 0.25) is 0 Å². The number of nitrogens with zero attached hydrogens (tertiary/aromatic N) is 3. The van der Waals surface area contributed by atoms with Crippen molar-refractivity contribution >= 4 is 16.9 Å². The summed E-state index contributed by atoms with van der Waals surface area (Å²) in [6.45, 7) is 10.0. The number of pyridine rings is 1. The number of aryl methyl sites for hydroxylation is 1. The lowest BCUT2D eigenvalue weighted by Crippen LogP contribution is -2.36. The summed E-state index contributed by atoms with van der Waals surface area (Å²) in [6.07, 6.45) is 1.53. The molecule has 1 saturated heterocycles. The Morgan fingerprint density at radius 3 is 2.68 bits per heavy atom. The fourth-order valence-electron chi connectivity index (χ4n) is 3.72. The van der Waals surface area contributed by atoms with Crippen molar-refractivity contribution in [3.63, 3.8) is 0 Å². The third-order valence-electron chi connectivity index (χ3n) is 5.58. The van der Waals surface area contributed by atoms with E-state index >= 15 is 0 Å². The maximum atomic E-state index is 13.4. The molecule has 0 bridgehead atoms. The number of carbonyl (C=O) groups excluding carboxylic acids is 1. The third kappa shape index (κ3) is 3.48. The van der Waals surface area contributed by atoms with Crippen LogP contribution in [-0.4, -0.2) is 45.0 Å². The van der Waals surface area contributed by atoms with Crippen LogP contribution in [0.4, 0.5) is 0 Å². The molecule has 1 unspecified atom stereocenters. The molecular formula is C20H29N5O3. The van der Waals surface area contributed by atoms with Gasteiger partial charge in [-0.3, -0.25) is 19.1 Å². The van der Waals surface area contributed by atoms with Gasteiger partial charge in [-0.1, -0.05) is 27.7 Å². The molecular weight excluding hydrogens is 358 g/mol. The Balaban J connectivity index is 2.24. The summed E-state index contributed by atoms with van der Waals surface area (Å²) in [5.74, 6) is -0.160. The average molecular weight is 387 g/mol. The SMILES string of the molecule is CCCn1c(=O)[nH]c(=O)c2c(C(=O)N3CCC(C)(CN)C3)cc(C(C)C)nc21. The smallest absolute Gasteiger partial charge is 0.329 e. The highest BCUT2D eigenvalue weighted by Crippen LogP contribution is 2.30. The van der Waals surface area contributed by atoms with Crippen molar-refractivity contribution in [2.45, 2.75) is 53.0 Å². The number of hydrogen-bond acceptors (Lipinski definition) is 5. The zero-order valence-corrected chi connectivity index (χ0v) is 17.0. The Morgan fingerprint density at radius 1 is 1.39 bits per heavy atom. The van der Waals surface area contributed by atoms with E-state index in [1.807, 2.05) is 20.8 Å². The predicted octanol–water partition coefficient (Wildman–Crippen LogP) is 1.43. The summed E-state index contributed by atoms with van der Waals surface area (Å²) < 4.78 is 1.45. The second kappa shape index (κ2) is 7.50. The van der Waals surface area contributed by atoms with Crippen molar-refractivity contribution in [3.05, 3.63) is 38.2 Å². The van der Waals surface area contributed by atoms with Gasteiger partial charge in [-0.05, 0) is 36.8 Å². The molecule has 0 aliphatic carbocycles. The molecule has 0 saturated carbocycles. The number of aromatic nitrogens is 3. The van der Waals surface area contributed by atoms with E-state index in [0.29, 0.717) is 43.9 Å². The van der Waals surface area contributed by atoms with Crippen molar-refractivity contribution in [1.29, 1.82) is 0 Å². The third-order valence-corrected chi connectivity index (χ3v) is 5.58. The first-order chi connectivity index (χ1) is 13.2. The number of aromatic amines is 1. The van der Waals surface area contributed by atoms with Crippen molar-refractivity contribution in [2.75, 3.05) is 19.6 Å². The number of nitrogens with two attached hydrogens (primary N) is 1. The first-order valence-electron chi connectivity index (χ1n) is 9.88. The van der Waals surface area contributed by atoms with Gasteiger partial charge in [0.15, 0.2) is 5.65 Å². The molecule has 3 N–H and O–H groups in total. The Bertz CT molecular complexity index is 1020. The summed E-state index contributed by atoms with van der Waals surface area (Å²) >= 11 is 0. The number of nitrogens with one attached hydrogen (secondary N) is 1. The fraction of sp³-hybridized carbons (Fsp3) is 0.600. The first-order valence-corrected chi connectivity index (χ1v) is 9.88. The number of carbonyl (C=O) groups is 1. The summed E-state index contributed by atoms with van der Waals surface area (Å²) in [4.78, 5) is 47.1. The van der Waals surface area contributed by atoms with E-state index in [9.17, 15) is 14.4 Å². The van der Waals surface area contributed by atoms with Gasteiger partial charge >= 0.3 is 5.69 Å². The lowest BCUT2D eigenvalue weighted by Gasteiger charge is -2.23. The van der Waals surface area contributed by atoms with Crippen LogP contribution in [0.1, 0.15) is 62.5 Å². The number of fused-ring (bicyclic) bond motifs is 1. The maximum absolute atomic E-state index is 13.4. The summed E-state index contributed by atoms with van der Waals surface area (Å²) in [7, 11) is 0. The molecule has 0 spiro atoms. The van der Waals surface area contributed by atoms with E-state index in [4.69, 9.17) is 5.73 Å². The van der Waals surface area contributed by atoms with Crippen molar-refractivity contribution in [3.8, 4) is 0 Å². The lowest BCUT2D eigenvalue weighted by molar-refractivity contribution is 0.0778. The molecule has 1 fully saturated rings. The first kappa shape index (κ1) is 20.3. The summed E-state index contributed by atoms with van der Waals surface area (Å²) in [5, 5.41) is 0.184. The number of rotatable bonds is 5. The molecule has 3 heterocycles. The number of hydrogen-bond donors (Lipinski definition) is 2. The highest BCUT2D eigenvalue weighted by molar-refractivity contribution is 6.05. The number of amides is 1. The van der Waals surface area contributed by atoms with Crippen LogP contribution in [0.2, 0.25) is 0 Å². The van der Waals surface area contributed by atoms with Crippen LogP contribution < -0.4 is 17.0 Å². The summed E-state index contributed by atoms with van der Waals surface area (Å²) in [5.41, 5.74) is 5.97. The molecule has 1 atom stereocenters. The van der Waals surface area contributed by atoms with E-state index in [1.165, 1.54) is 4.57 Å². The molecule has 8 heteroatoms. The lowest BCUT2D eigenvalue weighted by atomic mass is 9.90. The minimum Gasteiger partial charge on any atom is -0.338 e. The molecule has 28 heavy (non-hydrogen) atoms. The number of H-pyrrole nitrogens is 1. The van der Waals surface area contributed by atoms with Gasteiger partial charge in [0.05, 0.1) is 10.9 Å². The van der Waals surface area contributed by atoms with E-state index in [0.717, 1.165) is 6.42 Å². The normalized spacial score (nSPS) is 19.7. The van der Waals surface area contributed by atoms with Crippen LogP contribution >= 0.6 is 0 Å². The van der Waals surface area contributed by atoms with Crippen LogP contribution in [0.25, 0.3) is 11.0 Å². The fourth-order valence-corrected chi connectivity index (χ4v) is 3.72. The molecule has 1 aliphatic rings. The van der Waals surface area contributed by atoms with Gasteiger partial charge < -0.3 is 10.6 Å². The van der Waals surface area contributed by atoms with Gasteiger partial charge in [-0.15, -0.1) is 0 Å². The van der Waals surface area contributed by atoms with Crippen LogP contribution in [0.3, 0.4) is 0 Å². The largest absolute Gasteiger partial charge is 0.338 e. The van der Waals surface area contributed by atoms with Gasteiger partial charge in [0.1, 0.15) is 0 Å². The Morgan fingerprint density at radius 2 is 2.11 bits per heavy atom. The highest BCUT2D eigenvalue weighted by Gasteiger charge is 2.36. The molecule has 1 aliphatic heterocycles. The van der Waals surface area contributed by atoms with Crippen molar-refractivity contribution in [2.24, 2.45) is 11.1 Å². The number of likely N-dealkylation sites (tertiary alicyclic amines) is 1. The van der Waals surface area contributed by atoms with E-state index in [2.05, 4.69) is 16.9 Å². The van der Waals surface area contributed by atoms with E-state index < -0.39 is 11.2 Å². The van der Waals surface area contributed by atoms with Crippen LogP contribution in [0.5, 0.6) is 0 Å². The summed E-state index contributed by atoms with van der Waals surface area (Å²) in [6, 6.07) is 1.70. The molecule has 2 aromatic heterocycles. The zero-order chi connectivity index (χ0) is 20.6. The standard InChI is InChI=1S/C20H29N5O3/c1-5-7-25-16-15(17(26)23-19(25)28)13(9-14(22-16)12(2)3)18(27)24-8-6-20(4,10-21)11-24/h9,12H,5-8,10-11,21H2,1-4H3,(H,23,26,28). The van der Waals surface area contributed by atoms with E-state index in [-0.39, 0.29) is 28.3 Å². The Hall–Kier alpha value is -2.48. The second-order valence-corrected chi connectivity index (χ2v) is 8.35. The van der Waals surface area contributed by atoms with Crippen LogP contribution in [0, 0.1) is 5.41 Å². The molecule has 3 rings (SSSR count). The quantitative estimate of drug-likeness (QED) is 0.805. The molecule has 0 aromatic carbocycles. The topological polar surface area (TPSA) is 114 Å². The van der Waals surface area contributed by atoms with Gasteiger partial charge in [0.25, 0.3) is 11.5 Å². The van der Waals surface area contributed by atoms with Crippen molar-refractivity contribution < 1.29 is 4.79 Å². The minimum atomic E-state index is -0.570. The zero-order valence-electron chi connectivity index (χ0n) is 17.0. The van der Waals surface area contributed by atoms with Crippen LogP contribution in [0.15, 0.2) is 15.7 Å². The Labute approximate surface area is 163 Å². The highest BCUT2D eigenvalue weighted by atomic mass is 16.2. The van der Waals surface area contributed by atoms with E-state index in [1.54, 1.807) is 11.0 Å². The minimum absolute atomic E-state index is 0.0494. The molecule has 8 nitrogen and oxygen atoms in total. The average Bonchev–Trinajstić information content (AvgIpc) is 3.06. The van der Waals surface area contributed by atoms with Crippen LogP contribution in [-0.2, 0) is 6.54 Å². The molecule has 152 valence electrons. The maximum Gasteiger partial charge on any atom is 0.329 e.